The average molecular weight is 396 g/mol. The van der Waals surface area contributed by atoms with Crippen molar-refractivity contribution in [2.24, 2.45) is 23.3 Å². The van der Waals surface area contributed by atoms with Crippen molar-refractivity contribution in [3.05, 3.63) is 0 Å². The van der Waals surface area contributed by atoms with E-state index in [-0.39, 0.29) is 48.6 Å². The van der Waals surface area contributed by atoms with Gasteiger partial charge in [0.05, 0.1) is 13.1 Å². The number of nitrogens with zero attached hydrogens (tertiary/aromatic N) is 2. The molecule has 0 aromatic carbocycles. The number of nitrogens with one attached hydrogen (secondary N) is 2. The van der Waals surface area contributed by atoms with Gasteiger partial charge in [0, 0.05) is 24.9 Å². The summed E-state index contributed by atoms with van der Waals surface area (Å²) in [5.41, 5.74) is 10.6. The number of nitrogens with two attached hydrogens (primary N) is 2. The Morgan fingerprint density at radius 1 is 0.679 bits per heavy atom. The fraction of sp³-hybridized carbons (Fsp3) is 0.778. The Morgan fingerprint density at radius 3 is 1.29 bits per heavy atom. The minimum atomic E-state index is -0.267. The van der Waals surface area contributed by atoms with Gasteiger partial charge in [-0.25, -0.2) is 0 Å². The van der Waals surface area contributed by atoms with Crippen molar-refractivity contribution >= 4 is 23.6 Å². The molecule has 0 unspecified atom stereocenters. The Hall–Kier alpha value is -2.20. The molecule has 2 saturated heterocycles. The number of piperidine rings is 2. The fourth-order valence-corrected chi connectivity index (χ4v) is 3.67. The molecule has 0 aliphatic carbocycles. The lowest BCUT2D eigenvalue weighted by atomic mass is 9.96. The van der Waals surface area contributed by atoms with Gasteiger partial charge in [0.2, 0.25) is 23.6 Å². The van der Waals surface area contributed by atoms with Gasteiger partial charge >= 0.3 is 0 Å². The smallest absolute Gasteiger partial charge is 0.234 e. The number of hydrogen-bond acceptors (Lipinski definition) is 6. The predicted molar refractivity (Wildman–Crippen MR) is 103 cm³/mol. The summed E-state index contributed by atoms with van der Waals surface area (Å²) in [5.74, 6) is -0.901. The second-order valence-corrected chi connectivity index (χ2v) is 7.61. The quantitative estimate of drug-likeness (QED) is 0.319. The van der Waals surface area contributed by atoms with Gasteiger partial charge in [-0.3, -0.25) is 29.0 Å². The van der Waals surface area contributed by atoms with Crippen LogP contribution in [0.1, 0.15) is 25.7 Å². The summed E-state index contributed by atoms with van der Waals surface area (Å²) in [6, 6.07) is 0. The molecule has 0 bridgehead atoms. The van der Waals surface area contributed by atoms with E-state index in [9.17, 15) is 19.2 Å². The summed E-state index contributed by atoms with van der Waals surface area (Å²) in [6.07, 6.45) is 2.76. The minimum absolute atomic E-state index is 0.0869. The topological polar surface area (TPSA) is 151 Å². The summed E-state index contributed by atoms with van der Waals surface area (Å²) >= 11 is 0. The number of rotatable bonds is 9. The second kappa shape index (κ2) is 11.0. The SMILES string of the molecule is NC(=O)C1CCN(CC(=O)NCCNC(=O)CN2CCC(C(N)=O)CC2)CC1. The Balaban J connectivity index is 1.51. The maximum absolute atomic E-state index is 12.0. The highest BCUT2D eigenvalue weighted by Gasteiger charge is 2.25. The summed E-state index contributed by atoms with van der Waals surface area (Å²) in [5, 5.41) is 5.58. The third kappa shape index (κ3) is 7.43. The van der Waals surface area contributed by atoms with Gasteiger partial charge in [-0.05, 0) is 51.9 Å². The molecule has 0 radical (unpaired) electrons. The standard InChI is InChI=1S/C18H32N6O4/c19-17(27)13-1-7-23(8-2-13)11-15(25)21-5-6-22-16(26)12-24-9-3-14(4-10-24)18(20)28/h13-14H,1-12H2,(H2,19,27)(H2,20,28)(H,21,25)(H,22,26). The highest BCUT2D eigenvalue weighted by Crippen LogP contribution is 2.16. The molecule has 28 heavy (non-hydrogen) atoms. The summed E-state index contributed by atoms with van der Waals surface area (Å²) in [4.78, 5) is 50.2. The highest BCUT2D eigenvalue weighted by atomic mass is 16.2. The third-order valence-electron chi connectivity index (χ3n) is 5.48. The minimum Gasteiger partial charge on any atom is -0.369 e. The van der Waals surface area contributed by atoms with Crippen LogP contribution in [0.3, 0.4) is 0 Å². The molecule has 0 saturated carbocycles. The van der Waals surface area contributed by atoms with E-state index in [1.54, 1.807) is 0 Å². The predicted octanol–water partition coefficient (Wildman–Crippen LogP) is -2.39. The second-order valence-electron chi connectivity index (χ2n) is 7.61. The van der Waals surface area contributed by atoms with Crippen LogP contribution in [0.25, 0.3) is 0 Å². The first kappa shape index (κ1) is 22.1. The first-order valence-corrected chi connectivity index (χ1v) is 9.92. The van der Waals surface area contributed by atoms with E-state index in [2.05, 4.69) is 10.6 Å². The van der Waals surface area contributed by atoms with Crippen LogP contribution >= 0.6 is 0 Å². The van der Waals surface area contributed by atoms with Gasteiger partial charge in [-0.15, -0.1) is 0 Å². The van der Waals surface area contributed by atoms with Gasteiger partial charge < -0.3 is 22.1 Å². The van der Waals surface area contributed by atoms with E-state index in [1.807, 2.05) is 9.80 Å². The highest BCUT2D eigenvalue weighted by molar-refractivity contribution is 5.80. The van der Waals surface area contributed by atoms with Crippen LogP contribution in [0.4, 0.5) is 0 Å². The van der Waals surface area contributed by atoms with Crippen LogP contribution in [0.15, 0.2) is 0 Å². The Labute approximate surface area is 165 Å². The maximum Gasteiger partial charge on any atom is 0.234 e. The maximum atomic E-state index is 12.0. The summed E-state index contributed by atoms with van der Waals surface area (Å²) in [7, 11) is 0. The lowest BCUT2D eigenvalue weighted by Crippen LogP contribution is -2.46. The van der Waals surface area contributed by atoms with Crippen molar-refractivity contribution < 1.29 is 19.2 Å². The molecule has 2 aliphatic heterocycles. The largest absolute Gasteiger partial charge is 0.369 e. The van der Waals surface area contributed by atoms with Crippen LogP contribution in [0.5, 0.6) is 0 Å². The first-order chi connectivity index (χ1) is 13.3. The van der Waals surface area contributed by atoms with Crippen LogP contribution in [-0.4, -0.2) is 85.8 Å². The lowest BCUT2D eigenvalue weighted by molar-refractivity contribution is -0.126. The molecule has 0 atom stereocenters. The van der Waals surface area contributed by atoms with Gasteiger partial charge in [0.1, 0.15) is 0 Å². The normalized spacial score (nSPS) is 19.9. The molecule has 4 amide bonds. The van der Waals surface area contributed by atoms with Gasteiger partial charge in [0.25, 0.3) is 0 Å². The molecule has 0 spiro atoms. The Kier molecular flexibility index (Phi) is 8.65. The number of primary amides is 2. The monoisotopic (exact) mass is 396 g/mol. The van der Waals surface area contributed by atoms with Crippen molar-refractivity contribution in [1.29, 1.82) is 0 Å². The Bertz CT molecular complexity index is 518. The zero-order valence-electron chi connectivity index (χ0n) is 16.3. The van der Waals surface area contributed by atoms with E-state index >= 15 is 0 Å². The van der Waals surface area contributed by atoms with E-state index in [1.165, 1.54) is 0 Å². The Morgan fingerprint density at radius 2 is 1.00 bits per heavy atom. The number of hydrogen-bond donors (Lipinski definition) is 4. The van der Waals surface area contributed by atoms with E-state index in [0.29, 0.717) is 65.0 Å². The number of carbonyl (C=O) groups excluding carboxylic acids is 4. The molecular weight excluding hydrogens is 364 g/mol. The van der Waals surface area contributed by atoms with Crippen LogP contribution in [-0.2, 0) is 19.2 Å². The van der Waals surface area contributed by atoms with Crippen molar-refractivity contribution in [3.8, 4) is 0 Å². The molecule has 6 N–H and O–H groups in total. The molecule has 2 fully saturated rings. The van der Waals surface area contributed by atoms with E-state index in [0.717, 1.165) is 0 Å². The van der Waals surface area contributed by atoms with Crippen LogP contribution in [0.2, 0.25) is 0 Å². The fourth-order valence-electron chi connectivity index (χ4n) is 3.67. The van der Waals surface area contributed by atoms with Crippen LogP contribution < -0.4 is 22.1 Å². The number of amides is 4. The molecule has 2 aliphatic rings. The zero-order valence-corrected chi connectivity index (χ0v) is 16.3. The zero-order chi connectivity index (χ0) is 20.5. The van der Waals surface area contributed by atoms with Crippen molar-refractivity contribution in [2.45, 2.75) is 25.7 Å². The molecular formula is C18H32N6O4. The van der Waals surface area contributed by atoms with Gasteiger partial charge in [0.15, 0.2) is 0 Å². The van der Waals surface area contributed by atoms with Crippen molar-refractivity contribution in [1.82, 2.24) is 20.4 Å². The van der Waals surface area contributed by atoms with Crippen molar-refractivity contribution in [2.75, 3.05) is 52.4 Å². The number of carbonyl (C=O) groups is 4. The van der Waals surface area contributed by atoms with E-state index in [4.69, 9.17) is 11.5 Å². The molecule has 0 aromatic heterocycles. The molecule has 10 heteroatoms. The summed E-state index contributed by atoms with van der Waals surface area (Å²) < 4.78 is 0. The van der Waals surface area contributed by atoms with Crippen molar-refractivity contribution in [3.63, 3.8) is 0 Å². The van der Waals surface area contributed by atoms with Crippen LogP contribution in [0, 0.1) is 11.8 Å². The molecule has 10 nitrogen and oxygen atoms in total. The van der Waals surface area contributed by atoms with E-state index < -0.39 is 0 Å². The average Bonchev–Trinajstić information content (AvgIpc) is 2.66. The first-order valence-electron chi connectivity index (χ1n) is 9.92. The molecule has 2 heterocycles. The van der Waals surface area contributed by atoms with Gasteiger partial charge in [-0.2, -0.15) is 0 Å². The van der Waals surface area contributed by atoms with Gasteiger partial charge in [-0.1, -0.05) is 0 Å². The third-order valence-corrected chi connectivity index (χ3v) is 5.48. The molecule has 158 valence electrons. The molecule has 0 aromatic rings. The molecule has 2 rings (SSSR count). The lowest BCUT2D eigenvalue weighted by Gasteiger charge is -2.30. The summed E-state index contributed by atoms with van der Waals surface area (Å²) in [6.45, 7) is 4.05. The number of likely N-dealkylation sites (tertiary alicyclic amines) is 2.